The number of carbonyl (C=O) groups is 3. The highest BCUT2D eigenvalue weighted by molar-refractivity contribution is 6.02. The first kappa shape index (κ1) is 32.7. The summed E-state index contributed by atoms with van der Waals surface area (Å²) in [5, 5.41) is 0. The van der Waals surface area contributed by atoms with Crippen LogP contribution in [0.3, 0.4) is 0 Å². The summed E-state index contributed by atoms with van der Waals surface area (Å²) in [7, 11) is 0. The van der Waals surface area contributed by atoms with Gasteiger partial charge in [-0.05, 0) is 85.6 Å². The second-order valence-corrected chi connectivity index (χ2v) is 11.6. The van der Waals surface area contributed by atoms with E-state index >= 15 is 0 Å². The van der Waals surface area contributed by atoms with E-state index in [-0.39, 0.29) is 41.5 Å². The summed E-state index contributed by atoms with van der Waals surface area (Å²) in [6, 6.07) is 13.1. The molecular formula is C36H52O3. The van der Waals surface area contributed by atoms with E-state index in [2.05, 4.69) is 71.0 Å². The highest BCUT2D eigenvalue weighted by Crippen LogP contribution is 2.40. The van der Waals surface area contributed by atoms with Gasteiger partial charge in [-0.25, -0.2) is 0 Å². The van der Waals surface area contributed by atoms with Crippen LogP contribution >= 0.6 is 0 Å². The van der Waals surface area contributed by atoms with Crippen LogP contribution in [0.1, 0.15) is 126 Å². The summed E-state index contributed by atoms with van der Waals surface area (Å²) in [6.07, 6.45) is 9.76. The zero-order valence-corrected chi connectivity index (χ0v) is 25.7. The molecule has 214 valence electrons. The molecular weight excluding hydrogens is 480 g/mol. The third kappa shape index (κ3) is 9.26. The van der Waals surface area contributed by atoms with Crippen molar-refractivity contribution in [1.82, 2.24) is 0 Å². The summed E-state index contributed by atoms with van der Waals surface area (Å²) in [4.78, 5) is 38.0. The van der Waals surface area contributed by atoms with Gasteiger partial charge in [0.25, 0.3) is 0 Å². The third-order valence-corrected chi connectivity index (χ3v) is 7.99. The molecule has 3 rings (SSSR count). The van der Waals surface area contributed by atoms with Crippen LogP contribution in [0, 0.1) is 24.7 Å². The van der Waals surface area contributed by atoms with Crippen LogP contribution in [0.25, 0.3) is 11.1 Å². The molecule has 0 aliphatic heterocycles. The molecule has 0 saturated heterocycles. The molecule has 3 nitrogen and oxygen atoms in total. The van der Waals surface area contributed by atoms with Gasteiger partial charge < -0.3 is 0 Å². The molecule has 0 N–H and O–H groups in total. The summed E-state index contributed by atoms with van der Waals surface area (Å²) in [5.41, 5.74) is 6.85. The van der Waals surface area contributed by atoms with Crippen LogP contribution < -0.4 is 0 Å². The maximum absolute atomic E-state index is 13.4. The van der Waals surface area contributed by atoms with E-state index in [0.717, 1.165) is 49.7 Å². The quantitative estimate of drug-likeness (QED) is 0.241. The smallest absolute Gasteiger partial charge is 0.163 e. The Morgan fingerprint density at radius 3 is 2.15 bits per heavy atom. The van der Waals surface area contributed by atoms with Crippen LogP contribution in [0.4, 0.5) is 0 Å². The van der Waals surface area contributed by atoms with Crippen molar-refractivity contribution >= 4 is 17.3 Å². The van der Waals surface area contributed by atoms with Gasteiger partial charge in [0.2, 0.25) is 0 Å². The molecule has 3 unspecified atom stereocenters. The van der Waals surface area contributed by atoms with Gasteiger partial charge in [0.05, 0.1) is 6.42 Å². The molecule has 0 amide bonds. The predicted molar refractivity (Wildman–Crippen MR) is 164 cm³/mol. The van der Waals surface area contributed by atoms with E-state index in [0.29, 0.717) is 6.42 Å². The standard InChI is InChI=1S/C33H44O3.C3H8/c1-6-9-11-24-13-15-26(16-14-24)29-17-12-22(4)33-30(29)20-25(21-32(33)36)19-27(10-7-2)28(8-3)31(35)18-23(5)34;1-3-2/h12-17,25,27-28H,6-11,18-21H2,1-5H3;3H2,1-2H3. The van der Waals surface area contributed by atoms with E-state index in [4.69, 9.17) is 0 Å². The van der Waals surface area contributed by atoms with Crippen molar-refractivity contribution in [2.75, 3.05) is 0 Å². The van der Waals surface area contributed by atoms with Crippen molar-refractivity contribution in [2.45, 2.75) is 119 Å². The molecule has 3 atom stereocenters. The Morgan fingerprint density at radius 1 is 0.923 bits per heavy atom. The molecule has 39 heavy (non-hydrogen) atoms. The van der Waals surface area contributed by atoms with Crippen LogP contribution in [-0.4, -0.2) is 17.3 Å². The second kappa shape index (κ2) is 16.5. The summed E-state index contributed by atoms with van der Waals surface area (Å²) in [5.74, 6) is 0.598. The van der Waals surface area contributed by atoms with Crippen LogP contribution in [-0.2, 0) is 22.4 Å². The molecule has 0 aromatic heterocycles. The van der Waals surface area contributed by atoms with Gasteiger partial charge in [-0.1, -0.05) is 96.7 Å². The molecule has 0 saturated carbocycles. The lowest BCUT2D eigenvalue weighted by molar-refractivity contribution is -0.129. The Balaban J connectivity index is 0.00000170. The third-order valence-electron chi connectivity index (χ3n) is 7.99. The SMILES string of the molecule is CCC.CCCCc1ccc(-c2ccc(C)c3c2CC(CC(CCC)C(CC)C(=O)CC(C)=O)CC3=O)cc1. The minimum absolute atomic E-state index is 0.0305. The summed E-state index contributed by atoms with van der Waals surface area (Å²) >= 11 is 0. The number of unbranched alkanes of at least 4 members (excludes halogenated alkanes) is 1. The number of hydrogen-bond donors (Lipinski definition) is 0. The van der Waals surface area contributed by atoms with Crippen LogP contribution in [0.15, 0.2) is 36.4 Å². The van der Waals surface area contributed by atoms with E-state index in [1.54, 1.807) is 0 Å². The molecule has 1 aliphatic rings. The normalized spacial score (nSPS) is 16.1. The Bertz CT molecular complexity index is 1080. The molecule has 2 aromatic rings. The number of rotatable bonds is 13. The first-order chi connectivity index (χ1) is 18.7. The Hall–Kier alpha value is -2.55. The van der Waals surface area contributed by atoms with Gasteiger partial charge in [-0.15, -0.1) is 0 Å². The fourth-order valence-electron chi connectivity index (χ4n) is 6.24. The summed E-state index contributed by atoms with van der Waals surface area (Å²) in [6.45, 7) is 14.2. The maximum atomic E-state index is 13.4. The first-order valence-corrected chi connectivity index (χ1v) is 15.5. The van der Waals surface area contributed by atoms with Gasteiger partial charge in [0.1, 0.15) is 11.6 Å². The number of hydrogen-bond acceptors (Lipinski definition) is 3. The molecule has 0 bridgehead atoms. The maximum Gasteiger partial charge on any atom is 0.163 e. The molecule has 3 heteroatoms. The van der Waals surface area contributed by atoms with E-state index < -0.39 is 0 Å². The Morgan fingerprint density at radius 2 is 1.59 bits per heavy atom. The largest absolute Gasteiger partial charge is 0.300 e. The molecule has 1 aliphatic carbocycles. The zero-order valence-electron chi connectivity index (χ0n) is 25.7. The fraction of sp³-hybridized carbons (Fsp3) is 0.583. The van der Waals surface area contributed by atoms with Crippen molar-refractivity contribution < 1.29 is 14.4 Å². The zero-order chi connectivity index (χ0) is 28.9. The van der Waals surface area contributed by atoms with Gasteiger partial charge >= 0.3 is 0 Å². The number of carbonyl (C=O) groups excluding carboxylic acids is 3. The topological polar surface area (TPSA) is 51.2 Å². The van der Waals surface area contributed by atoms with Crippen LogP contribution in [0.2, 0.25) is 0 Å². The number of ketones is 3. The number of benzene rings is 2. The van der Waals surface area contributed by atoms with Crippen LogP contribution in [0.5, 0.6) is 0 Å². The Labute approximate surface area is 238 Å². The highest BCUT2D eigenvalue weighted by Gasteiger charge is 2.34. The van der Waals surface area contributed by atoms with Gasteiger partial charge in [-0.3, -0.25) is 14.4 Å². The van der Waals surface area contributed by atoms with Crippen molar-refractivity contribution in [1.29, 1.82) is 0 Å². The van der Waals surface area contributed by atoms with E-state index in [9.17, 15) is 14.4 Å². The van der Waals surface area contributed by atoms with Crippen molar-refractivity contribution in [3.63, 3.8) is 0 Å². The monoisotopic (exact) mass is 532 g/mol. The number of fused-ring (bicyclic) bond motifs is 1. The van der Waals surface area contributed by atoms with E-state index in [1.165, 1.54) is 48.4 Å². The molecule has 0 heterocycles. The average Bonchev–Trinajstić information content (AvgIpc) is 2.88. The number of aryl methyl sites for hydroxylation is 2. The van der Waals surface area contributed by atoms with Crippen molar-refractivity contribution in [2.24, 2.45) is 17.8 Å². The lowest BCUT2D eigenvalue weighted by Crippen LogP contribution is -2.30. The molecule has 0 fully saturated rings. The summed E-state index contributed by atoms with van der Waals surface area (Å²) < 4.78 is 0. The first-order valence-electron chi connectivity index (χ1n) is 15.5. The molecule has 2 aromatic carbocycles. The molecule has 0 radical (unpaired) electrons. The fourth-order valence-corrected chi connectivity index (χ4v) is 6.24. The van der Waals surface area contributed by atoms with Crippen molar-refractivity contribution in [3.8, 4) is 11.1 Å². The highest BCUT2D eigenvalue weighted by atomic mass is 16.1. The number of Topliss-reactive ketones (excluding diaryl/α,β-unsaturated/α-hetero) is 3. The van der Waals surface area contributed by atoms with E-state index in [1.807, 2.05) is 6.92 Å². The van der Waals surface area contributed by atoms with Crippen molar-refractivity contribution in [3.05, 3.63) is 58.7 Å². The van der Waals surface area contributed by atoms with Gasteiger partial charge in [0, 0.05) is 17.9 Å². The molecule has 0 spiro atoms. The second-order valence-electron chi connectivity index (χ2n) is 11.6. The van der Waals surface area contributed by atoms with Gasteiger partial charge in [0.15, 0.2) is 5.78 Å². The minimum atomic E-state index is -0.0991. The Kier molecular flexibility index (Phi) is 13.8. The lowest BCUT2D eigenvalue weighted by atomic mass is 9.71. The minimum Gasteiger partial charge on any atom is -0.300 e. The lowest BCUT2D eigenvalue weighted by Gasteiger charge is -2.32. The average molecular weight is 533 g/mol. The van der Waals surface area contributed by atoms with Gasteiger partial charge in [-0.2, -0.15) is 0 Å². The predicted octanol–water partition coefficient (Wildman–Crippen LogP) is 9.55.